The lowest BCUT2D eigenvalue weighted by Gasteiger charge is -2.07. The van der Waals surface area contributed by atoms with E-state index in [0.717, 1.165) is 11.4 Å². The first kappa shape index (κ1) is 20.7. The van der Waals surface area contributed by atoms with E-state index in [-0.39, 0.29) is 11.7 Å². The highest BCUT2D eigenvalue weighted by Gasteiger charge is 2.06. The van der Waals surface area contributed by atoms with E-state index in [1.807, 2.05) is 43.3 Å². The first-order chi connectivity index (χ1) is 14.1. The molecule has 0 fully saturated rings. The number of aryl methyl sites for hydroxylation is 1. The molecule has 0 aliphatic rings. The molecule has 0 saturated carbocycles. The van der Waals surface area contributed by atoms with Crippen LogP contribution < -0.4 is 15.4 Å². The predicted molar refractivity (Wildman–Crippen MR) is 118 cm³/mol. The normalized spacial score (nSPS) is 10.4. The summed E-state index contributed by atoms with van der Waals surface area (Å²) in [5.41, 5.74) is 3.16. The Hall–Kier alpha value is -3.06. The van der Waals surface area contributed by atoms with Crippen molar-refractivity contribution in [3.8, 4) is 5.75 Å². The van der Waals surface area contributed by atoms with Crippen LogP contribution in [0.25, 0.3) is 0 Å². The van der Waals surface area contributed by atoms with Gasteiger partial charge in [0.25, 0.3) is 0 Å². The molecule has 3 rings (SSSR count). The molecule has 1 aromatic heterocycles. The lowest BCUT2D eigenvalue weighted by molar-refractivity contribution is -0.113. The summed E-state index contributed by atoms with van der Waals surface area (Å²) in [5.74, 6) is 1.65. The van der Waals surface area contributed by atoms with Crippen molar-refractivity contribution >= 4 is 29.2 Å². The van der Waals surface area contributed by atoms with Crippen LogP contribution in [0.2, 0.25) is 0 Å². The molecule has 0 bridgehead atoms. The number of hydrogen-bond acceptors (Lipinski definition) is 6. The lowest BCUT2D eigenvalue weighted by Crippen LogP contribution is -2.14. The van der Waals surface area contributed by atoms with Crippen LogP contribution in [0.1, 0.15) is 18.1 Å². The topological polar surface area (TPSA) is 76.1 Å². The maximum Gasteiger partial charge on any atom is 0.234 e. The highest BCUT2D eigenvalue weighted by Crippen LogP contribution is 2.18. The van der Waals surface area contributed by atoms with Gasteiger partial charge in [-0.2, -0.15) is 0 Å². The average molecular weight is 409 g/mol. The molecule has 2 aromatic carbocycles. The molecule has 1 heterocycles. The minimum atomic E-state index is -0.0949. The van der Waals surface area contributed by atoms with Crippen LogP contribution in [0.3, 0.4) is 0 Å². The summed E-state index contributed by atoms with van der Waals surface area (Å²) in [6.45, 7) is 5.30. The smallest absolute Gasteiger partial charge is 0.234 e. The number of carbonyl (C=O) groups excluding carboxylic acids is 1. The Kier molecular flexibility index (Phi) is 7.47. The van der Waals surface area contributed by atoms with Gasteiger partial charge in [-0.15, -0.1) is 10.2 Å². The third-order valence-corrected chi connectivity index (χ3v) is 4.95. The number of amides is 1. The van der Waals surface area contributed by atoms with Gasteiger partial charge in [-0.05, 0) is 55.8 Å². The van der Waals surface area contributed by atoms with Crippen LogP contribution in [-0.4, -0.2) is 28.5 Å². The molecule has 0 aliphatic carbocycles. The van der Waals surface area contributed by atoms with E-state index in [1.54, 1.807) is 0 Å². The zero-order chi connectivity index (χ0) is 20.5. The Morgan fingerprint density at radius 1 is 1.00 bits per heavy atom. The second-order valence-corrected chi connectivity index (χ2v) is 7.39. The Balaban J connectivity index is 1.43. The van der Waals surface area contributed by atoms with Crippen LogP contribution in [0.5, 0.6) is 5.75 Å². The highest BCUT2D eigenvalue weighted by atomic mass is 32.2. The standard InChI is InChI=1S/C22H24N4O2S/c1-3-28-19-10-8-18(9-11-19)24-21(27)15-29-22-13-12-20(25-26-22)23-14-17-6-4-16(2)5-7-17/h4-13H,3,14-15H2,1-2H3,(H,23,25)(H,24,27). The fraction of sp³-hybridized carbons (Fsp3) is 0.227. The Bertz CT molecular complexity index is 913. The molecular weight excluding hydrogens is 384 g/mol. The Morgan fingerprint density at radius 3 is 2.41 bits per heavy atom. The van der Waals surface area contributed by atoms with Gasteiger partial charge in [-0.25, -0.2) is 0 Å². The van der Waals surface area contributed by atoms with Gasteiger partial charge in [-0.1, -0.05) is 41.6 Å². The first-order valence-corrected chi connectivity index (χ1v) is 10.4. The zero-order valence-electron chi connectivity index (χ0n) is 16.5. The van der Waals surface area contributed by atoms with E-state index in [9.17, 15) is 4.79 Å². The van der Waals surface area contributed by atoms with E-state index in [2.05, 4.69) is 52.0 Å². The van der Waals surface area contributed by atoms with Crippen LogP contribution in [0.4, 0.5) is 11.5 Å². The number of nitrogens with zero attached hydrogens (tertiary/aromatic N) is 2. The molecule has 150 valence electrons. The number of rotatable bonds is 9. The van der Waals surface area contributed by atoms with Crippen LogP contribution >= 0.6 is 11.8 Å². The first-order valence-electron chi connectivity index (χ1n) is 9.41. The zero-order valence-corrected chi connectivity index (χ0v) is 17.3. The maximum atomic E-state index is 12.1. The van der Waals surface area contributed by atoms with Gasteiger partial charge in [0, 0.05) is 12.2 Å². The summed E-state index contributed by atoms with van der Waals surface area (Å²) in [4.78, 5) is 12.1. The molecule has 6 nitrogen and oxygen atoms in total. The van der Waals surface area contributed by atoms with Crippen molar-refractivity contribution in [2.24, 2.45) is 0 Å². The number of aromatic nitrogens is 2. The van der Waals surface area contributed by atoms with Gasteiger partial charge in [-0.3, -0.25) is 4.79 Å². The molecule has 0 radical (unpaired) electrons. The molecule has 0 unspecified atom stereocenters. The number of nitrogens with one attached hydrogen (secondary N) is 2. The molecule has 0 saturated heterocycles. The summed E-state index contributed by atoms with van der Waals surface area (Å²) < 4.78 is 5.39. The third-order valence-electron chi connectivity index (χ3n) is 4.03. The van der Waals surface area contributed by atoms with E-state index < -0.39 is 0 Å². The predicted octanol–water partition coefficient (Wildman–Crippen LogP) is 4.53. The van der Waals surface area contributed by atoms with Gasteiger partial charge < -0.3 is 15.4 Å². The van der Waals surface area contributed by atoms with Crippen LogP contribution in [0.15, 0.2) is 65.7 Å². The number of ether oxygens (including phenoxy) is 1. The summed E-state index contributed by atoms with van der Waals surface area (Å²) in [7, 11) is 0. The highest BCUT2D eigenvalue weighted by molar-refractivity contribution is 7.99. The molecule has 1 amide bonds. The Morgan fingerprint density at radius 2 is 1.76 bits per heavy atom. The number of benzene rings is 2. The van der Waals surface area contributed by atoms with Crippen molar-refractivity contribution in [3.63, 3.8) is 0 Å². The van der Waals surface area contributed by atoms with E-state index >= 15 is 0 Å². The van der Waals surface area contributed by atoms with Gasteiger partial charge in [0.1, 0.15) is 16.6 Å². The molecule has 0 atom stereocenters. The maximum absolute atomic E-state index is 12.1. The second kappa shape index (κ2) is 10.5. The minimum Gasteiger partial charge on any atom is -0.494 e. The number of anilines is 2. The van der Waals surface area contributed by atoms with Gasteiger partial charge in [0.15, 0.2) is 0 Å². The minimum absolute atomic E-state index is 0.0949. The largest absolute Gasteiger partial charge is 0.494 e. The summed E-state index contributed by atoms with van der Waals surface area (Å²) in [6, 6.07) is 19.4. The summed E-state index contributed by atoms with van der Waals surface area (Å²) >= 11 is 1.35. The van der Waals surface area contributed by atoms with E-state index in [4.69, 9.17) is 4.74 Å². The van der Waals surface area contributed by atoms with Crippen molar-refractivity contribution in [2.75, 3.05) is 23.0 Å². The number of thioether (sulfide) groups is 1. The monoisotopic (exact) mass is 408 g/mol. The molecule has 7 heteroatoms. The van der Waals surface area contributed by atoms with Crippen LogP contribution in [-0.2, 0) is 11.3 Å². The Labute approximate surface area is 175 Å². The number of carbonyl (C=O) groups is 1. The SMILES string of the molecule is CCOc1ccc(NC(=O)CSc2ccc(NCc3ccc(C)cc3)nn2)cc1. The quantitative estimate of drug-likeness (QED) is 0.507. The van der Waals surface area contributed by atoms with Crippen molar-refractivity contribution in [1.82, 2.24) is 10.2 Å². The van der Waals surface area contributed by atoms with Gasteiger partial charge in [0.05, 0.1) is 12.4 Å². The second-order valence-electron chi connectivity index (χ2n) is 6.39. The van der Waals surface area contributed by atoms with Crippen LogP contribution in [0, 0.1) is 6.92 Å². The summed E-state index contributed by atoms with van der Waals surface area (Å²) in [5, 5.41) is 15.2. The van der Waals surface area contributed by atoms with Crippen molar-refractivity contribution < 1.29 is 9.53 Å². The molecule has 2 N–H and O–H groups in total. The molecule has 29 heavy (non-hydrogen) atoms. The number of hydrogen-bond donors (Lipinski definition) is 2. The molecular formula is C22H24N4O2S. The van der Waals surface area contributed by atoms with E-state index in [1.165, 1.54) is 22.9 Å². The van der Waals surface area contributed by atoms with Crippen molar-refractivity contribution in [1.29, 1.82) is 0 Å². The van der Waals surface area contributed by atoms with Gasteiger partial charge >= 0.3 is 0 Å². The third kappa shape index (κ3) is 6.80. The van der Waals surface area contributed by atoms with Crippen molar-refractivity contribution in [2.45, 2.75) is 25.4 Å². The molecule has 3 aromatic rings. The fourth-order valence-electron chi connectivity index (χ4n) is 2.53. The van der Waals surface area contributed by atoms with Crippen molar-refractivity contribution in [3.05, 3.63) is 71.8 Å². The lowest BCUT2D eigenvalue weighted by atomic mass is 10.1. The summed E-state index contributed by atoms with van der Waals surface area (Å²) in [6.07, 6.45) is 0. The average Bonchev–Trinajstić information content (AvgIpc) is 2.74. The van der Waals surface area contributed by atoms with E-state index in [0.29, 0.717) is 24.0 Å². The molecule has 0 aliphatic heterocycles. The molecule has 0 spiro atoms. The fourth-order valence-corrected chi connectivity index (χ4v) is 3.14. The van der Waals surface area contributed by atoms with Gasteiger partial charge in [0.2, 0.25) is 5.91 Å².